The van der Waals surface area contributed by atoms with Gasteiger partial charge in [0, 0.05) is 32.7 Å². The molecule has 0 amide bonds. The second-order valence-corrected chi connectivity index (χ2v) is 7.94. The summed E-state index contributed by atoms with van der Waals surface area (Å²) in [6.45, 7) is 8.08. The number of guanidine groups is 1. The van der Waals surface area contributed by atoms with Crippen molar-refractivity contribution in [3.63, 3.8) is 0 Å². The summed E-state index contributed by atoms with van der Waals surface area (Å²) in [6.07, 6.45) is 6.69. The van der Waals surface area contributed by atoms with Crippen LogP contribution in [0.25, 0.3) is 0 Å². The van der Waals surface area contributed by atoms with E-state index < -0.39 is 10.0 Å². The lowest BCUT2D eigenvalue weighted by Crippen LogP contribution is -2.40. The molecular formula is C15H33IN4O2S. The predicted octanol–water partition coefficient (Wildman–Crippen LogP) is 2.02. The van der Waals surface area contributed by atoms with Crippen molar-refractivity contribution in [3.05, 3.63) is 0 Å². The third-order valence-electron chi connectivity index (χ3n) is 3.97. The van der Waals surface area contributed by atoms with E-state index in [9.17, 15) is 8.42 Å². The van der Waals surface area contributed by atoms with Crippen molar-refractivity contribution in [2.45, 2.75) is 46.0 Å². The van der Waals surface area contributed by atoms with Crippen LogP contribution < -0.4 is 10.6 Å². The van der Waals surface area contributed by atoms with Gasteiger partial charge >= 0.3 is 0 Å². The van der Waals surface area contributed by atoms with E-state index in [0.29, 0.717) is 19.0 Å². The smallest absolute Gasteiger partial charge is 0.211 e. The highest BCUT2D eigenvalue weighted by molar-refractivity contribution is 14.0. The number of piperidine rings is 1. The van der Waals surface area contributed by atoms with Crippen LogP contribution in [0.4, 0.5) is 0 Å². The molecule has 1 aliphatic heterocycles. The number of unbranched alkanes of at least 4 members (excludes halogenated alkanes) is 2. The molecule has 1 saturated heterocycles. The zero-order valence-electron chi connectivity index (χ0n) is 14.7. The standard InChI is InChI=1S/C15H32N4O2S.HI/c1-4-6-7-10-17-15(16-5-2)18-13-14-8-11-19(12-9-14)22(3,20)21;/h14H,4-13H2,1-3H3,(H2,16,17,18);1H. The van der Waals surface area contributed by atoms with Gasteiger partial charge in [-0.3, -0.25) is 4.99 Å². The van der Waals surface area contributed by atoms with Gasteiger partial charge in [-0.25, -0.2) is 12.7 Å². The number of hydrogen-bond donors (Lipinski definition) is 2. The summed E-state index contributed by atoms with van der Waals surface area (Å²) < 4.78 is 24.6. The van der Waals surface area contributed by atoms with E-state index in [0.717, 1.165) is 44.9 Å². The average molecular weight is 460 g/mol. The van der Waals surface area contributed by atoms with Gasteiger partial charge < -0.3 is 10.6 Å². The first-order chi connectivity index (χ1) is 10.5. The summed E-state index contributed by atoms with van der Waals surface area (Å²) in [5.41, 5.74) is 0. The molecule has 0 radical (unpaired) electrons. The molecule has 1 heterocycles. The summed E-state index contributed by atoms with van der Waals surface area (Å²) in [6, 6.07) is 0. The average Bonchev–Trinajstić information content (AvgIpc) is 2.48. The van der Waals surface area contributed by atoms with Gasteiger partial charge in [0.15, 0.2) is 5.96 Å². The Hall–Kier alpha value is -0.0900. The summed E-state index contributed by atoms with van der Waals surface area (Å²) in [4.78, 5) is 4.65. The van der Waals surface area contributed by atoms with Crippen LogP contribution in [0, 0.1) is 5.92 Å². The quantitative estimate of drug-likeness (QED) is 0.252. The predicted molar refractivity (Wildman–Crippen MR) is 108 cm³/mol. The Kier molecular flexibility index (Phi) is 12.2. The number of aliphatic imine (C=N–C) groups is 1. The fraction of sp³-hybridized carbons (Fsp3) is 0.933. The minimum atomic E-state index is -3.03. The Morgan fingerprint density at radius 1 is 1.17 bits per heavy atom. The van der Waals surface area contributed by atoms with Crippen LogP contribution in [0.15, 0.2) is 4.99 Å². The van der Waals surface area contributed by atoms with Crippen LogP contribution in [0.2, 0.25) is 0 Å². The molecule has 0 unspecified atom stereocenters. The molecule has 0 atom stereocenters. The molecule has 0 aromatic carbocycles. The van der Waals surface area contributed by atoms with Gasteiger partial charge in [0.05, 0.1) is 6.26 Å². The highest BCUT2D eigenvalue weighted by Gasteiger charge is 2.24. The lowest BCUT2D eigenvalue weighted by molar-refractivity contribution is 0.280. The molecule has 0 saturated carbocycles. The fourth-order valence-electron chi connectivity index (χ4n) is 2.57. The monoisotopic (exact) mass is 460 g/mol. The first-order valence-electron chi connectivity index (χ1n) is 8.44. The Labute approximate surface area is 159 Å². The zero-order valence-corrected chi connectivity index (χ0v) is 17.8. The molecule has 0 spiro atoms. The van der Waals surface area contributed by atoms with Gasteiger partial charge in [-0.2, -0.15) is 0 Å². The third-order valence-corrected chi connectivity index (χ3v) is 5.27. The lowest BCUT2D eigenvalue weighted by atomic mass is 9.98. The van der Waals surface area contributed by atoms with Gasteiger partial charge in [0.25, 0.3) is 0 Å². The van der Waals surface area contributed by atoms with Crippen LogP contribution in [-0.4, -0.2) is 57.7 Å². The van der Waals surface area contributed by atoms with E-state index in [1.807, 2.05) is 0 Å². The summed E-state index contributed by atoms with van der Waals surface area (Å²) in [7, 11) is -3.03. The van der Waals surface area contributed by atoms with Crippen molar-refractivity contribution in [3.8, 4) is 0 Å². The highest BCUT2D eigenvalue weighted by Crippen LogP contribution is 2.19. The summed E-state index contributed by atoms with van der Waals surface area (Å²) in [5.74, 6) is 1.35. The normalized spacial score (nSPS) is 17.6. The van der Waals surface area contributed by atoms with Crippen molar-refractivity contribution in [1.29, 1.82) is 0 Å². The molecule has 0 aliphatic carbocycles. The topological polar surface area (TPSA) is 73.8 Å². The maximum Gasteiger partial charge on any atom is 0.211 e. The van der Waals surface area contributed by atoms with E-state index in [2.05, 4.69) is 29.5 Å². The summed E-state index contributed by atoms with van der Waals surface area (Å²) in [5, 5.41) is 6.63. The van der Waals surface area contributed by atoms with Gasteiger partial charge in [-0.1, -0.05) is 19.8 Å². The first kappa shape index (κ1) is 22.9. The third kappa shape index (κ3) is 9.71. The number of hydrogen-bond acceptors (Lipinski definition) is 3. The van der Waals surface area contributed by atoms with E-state index >= 15 is 0 Å². The van der Waals surface area contributed by atoms with E-state index in [1.165, 1.54) is 19.1 Å². The van der Waals surface area contributed by atoms with Crippen LogP contribution >= 0.6 is 24.0 Å². The molecule has 1 aliphatic rings. The first-order valence-corrected chi connectivity index (χ1v) is 10.3. The van der Waals surface area contributed by atoms with Gasteiger partial charge in [0.2, 0.25) is 10.0 Å². The number of rotatable bonds is 8. The molecule has 0 bridgehead atoms. The number of nitrogens with zero attached hydrogens (tertiary/aromatic N) is 2. The molecule has 0 aromatic heterocycles. The Morgan fingerprint density at radius 2 is 1.83 bits per heavy atom. The van der Waals surface area contributed by atoms with Gasteiger partial charge in [-0.05, 0) is 32.1 Å². The van der Waals surface area contributed by atoms with Gasteiger partial charge in [0.1, 0.15) is 0 Å². The maximum atomic E-state index is 11.5. The Bertz CT molecular complexity index is 435. The molecule has 6 nitrogen and oxygen atoms in total. The molecule has 138 valence electrons. The van der Waals surface area contributed by atoms with E-state index in [1.54, 1.807) is 4.31 Å². The SMILES string of the molecule is CCCCCNC(=NCC1CCN(S(C)(=O)=O)CC1)NCC.I. The van der Waals surface area contributed by atoms with Crippen LogP contribution in [0.5, 0.6) is 0 Å². The molecule has 1 rings (SSSR count). The molecule has 23 heavy (non-hydrogen) atoms. The van der Waals surface area contributed by atoms with Crippen molar-refractivity contribution in [2.75, 3.05) is 39.0 Å². The molecule has 2 N–H and O–H groups in total. The van der Waals surface area contributed by atoms with Crippen LogP contribution in [0.3, 0.4) is 0 Å². The fourth-order valence-corrected chi connectivity index (χ4v) is 3.44. The summed E-state index contributed by atoms with van der Waals surface area (Å²) >= 11 is 0. The van der Waals surface area contributed by atoms with Crippen molar-refractivity contribution in [2.24, 2.45) is 10.9 Å². The number of sulfonamides is 1. The molecule has 8 heteroatoms. The zero-order chi connectivity index (χ0) is 16.4. The highest BCUT2D eigenvalue weighted by atomic mass is 127. The van der Waals surface area contributed by atoms with E-state index in [4.69, 9.17) is 0 Å². The second kappa shape index (κ2) is 12.3. The van der Waals surface area contributed by atoms with Crippen molar-refractivity contribution < 1.29 is 8.42 Å². The minimum absolute atomic E-state index is 0. The van der Waals surface area contributed by atoms with Crippen LogP contribution in [0.1, 0.15) is 46.0 Å². The van der Waals surface area contributed by atoms with Crippen molar-refractivity contribution in [1.82, 2.24) is 14.9 Å². The second-order valence-electron chi connectivity index (χ2n) is 5.96. The molecule has 0 aromatic rings. The molecule has 1 fully saturated rings. The van der Waals surface area contributed by atoms with Crippen molar-refractivity contribution >= 4 is 40.0 Å². The maximum absolute atomic E-state index is 11.5. The van der Waals surface area contributed by atoms with Gasteiger partial charge in [-0.15, -0.1) is 24.0 Å². The van der Waals surface area contributed by atoms with Crippen LogP contribution in [-0.2, 0) is 10.0 Å². The number of halogens is 1. The largest absolute Gasteiger partial charge is 0.357 e. The van der Waals surface area contributed by atoms with E-state index in [-0.39, 0.29) is 24.0 Å². The Morgan fingerprint density at radius 3 is 2.35 bits per heavy atom. The molecular weight excluding hydrogens is 427 g/mol. The lowest BCUT2D eigenvalue weighted by Gasteiger charge is -2.29. The number of nitrogens with one attached hydrogen (secondary N) is 2. The minimum Gasteiger partial charge on any atom is -0.357 e. The Balaban J connectivity index is 0.00000484.